The van der Waals surface area contributed by atoms with Crippen molar-refractivity contribution >= 4 is 49.9 Å². The zero-order chi connectivity index (χ0) is 16.4. The molecule has 24 heavy (non-hydrogen) atoms. The number of nitrogens with zero attached hydrogens (tertiary/aromatic N) is 4. The summed E-state index contributed by atoms with van der Waals surface area (Å²) in [5.41, 5.74) is 1.81. The van der Waals surface area contributed by atoms with E-state index in [4.69, 9.17) is 0 Å². The molecule has 0 aliphatic rings. The van der Waals surface area contributed by atoms with E-state index in [0.29, 0.717) is 17.9 Å². The first-order valence-electron chi connectivity index (χ1n) is 7.36. The molecule has 1 N–H and O–H groups in total. The molecule has 0 aliphatic carbocycles. The van der Waals surface area contributed by atoms with Crippen LogP contribution in [0.4, 0.5) is 5.69 Å². The van der Waals surface area contributed by atoms with Crippen LogP contribution >= 0.6 is 23.1 Å². The highest BCUT2D eigenvalue weighted by molar-refractivity contribution is 7.99. The number of hydrogen-bond acceptors (Lipinski definition) is 6. The van der Waals surface area contributed by atoms with Crippen LogP contribution in [0.1, 0.15) is 6.42 Å². The number of amides is 1. The van der Waals surface area contributed by atoms with Gasteiger partial charge < -0.3 is 5.32 Å². The van der Waals surface area contributed by atoms with Crippen LogP contribution in [0.25, 0.3) is 15.2 Å². The maximum Gasteiger partial charge on any atom is 0.225 e. The average molecular weight is 355 g/mol. The number of rotatable bonds is 5. The van der Waals surface area contributed by atoms with Crippen molar-refractivity contribution in [2.45, 2.75) is 11.6 Å². The molecule has 6 nitrogen and oxygen atoms in total. The van der Waals surface area contributed by atoms with Gasteiger partial charge in [0.1, 0.15) is 0 Å². The van der Waals surface area contributed by atoms with Gasteiger partial charge in [-0.3, -0.25) is 14.2 Å². The number of pyridine rings is 1. The molecular weight excluding hydrogens is 342 g/mol. The number of hydrogen-bond donors (Lipinski definition) is 1. The zero-order valence-electron chi connectivity index (χ0n) is 12.5. The molecule has 0 aliphatic heterocycles. The molecule has 8 heteroatoms. The first-order valence-corrected chi connectivity index (χ1v) is 9.17. The minimum absolute atomic E-state index is 0.0357. The first-order chi connectivity index (χ1) is 11.8. The van der Waals surface area contributed by atoms with Gasteiger partial charge in [-0.2, -0.15) is 0 Å². The molecule has 0 saturated heterocycles. The van der Waals surface area contributed by atoms with E-state index in [-0.39, 0.29) is 5.91 Å². The molecule has 0 atom stereocenters. The lowest BCUT2D eigenvalue weighted by Crippen LogP contribution is -2.12. The standard InChI is InChI=1S/C16H13N5OS2/c22-14(18-11-4-3-8-17-10-11)7-9-23-15-19-20-16-21(15)12-5-1-2-6-13(12)24-16/h1-6,8,10H,7,9H2,(H,18,22). The summed E-state index contributed by atoms with van der Waals surface area (Å²) in [6, 6.07) is 11.8. The number of thioether (sulfide) groups is 1. The van der Waals surface area contributed by atoms with Gasteiger partial charge in [-0.25, -0.2) is 0 Å². The van der Waals surface area contributed by atoms with E-state index in [9.17, 15) is 4.79 Å². The molecule has 3 aromatic heterocycles. The molecule has 0 radical (unpaired) electrons. The van der Waals surface area contributed by atoms with Gasteiger partial charge in [0.25, 0.3) is 0 Å². The van der Waals surface area contributed by atoms with Crippen molar-refractivity contribution < 1.29 is 4.79 Å². The van der Waals surface area contributed by atoms with Crippen LogP contribution in [0, 0.1) is 0 Å². The molecule has 4 rings (SSSR count). The second kappa shape index (κ2) is 6.58. The Bertz CT molecular complexity index is 995. The van der Waals surface area contributed by atoms with Gasteiger partial charge in [-0.15, -0.1) is 10.2 Å². The van der Waals surface area contributed by atoms with Crippen LogP contribution < -0.4 is 5.32 Å². The molecule has 1 aromatic carbocycles. The van der Waals surface area contributed by atoms with Crippen LogP contribution in [0.3, 0.4) is 0 Å². The number of thiazole rings is 1. The third-order valence-electron chi connectivity index (χ3n) is 3.42. The maximum absolute atomic E-state index is 12.0. The van der Waals surface area contributed by atoms with Crippen LogP contribution in [-0.4, -0.2) is 31.2 Å². The van der Waals surface area contributed by atoms with Crippen LogP contribution in [0.2, 0.25) is 0 Å². The lowest BCUT2D eigenvalue weighted by atomic mass is 10.3. The Balaban J connectivity index is 1.43. The molecule has 3 heterocycles. The number of nitrogens with one attached hydrogen (secondary N) is 1. The molecule has 1 amide bonds. The lowest BCUT2D eigenvalue weighted by molar-refractivity contribution is -0.115. The van der Waals surface area contributed by atoms with Crippen molar-refractivity contribution in [2.24, 2.45) is 0 Å². The quantitative estimate of drug-likeness (QED) is 0.555. The summed E-state index contributed by atoms with van der Waals surface area (Å²) in [5.74, 6) is 0.600. The predicted molar refractivity (Wildman–Crippen MR) is 96.6 cm³/mol. The minimum atomic E-state index is -0.0357. The number of aromatic nitrogens is 4. The maximum atomic E-state index is 12.0. The van der Waals surface area contributed by atoms with Crippen LogP contribution in [0.5, 0.6) is 0 Å². The molecule has 0 unspecified atom stereocenters. The molecule has 0 spiro atoms. The molecule has 0 saturated carbocycles. The van der Waals surface area contributed by atoms with Gasteiger partial charge in [0.05, 0.1) is 22.1 Å². The van der Waals surface area contributed by atoms with Crippen molar-refractivity contribution in [1.29, 1.82) is 0 Å². The minimum Gasteiger partial charge on any atom is -0.325 e. The second-order valence-corrected chi connectivity index (χ2v) is 7.13. The molecule has 0 bridgehead atoms. The summed E-state index contributed by atoms with van der Waals surface area (Å²) in [4.78, 5) is 16.8. The summed E-state index contributed by atoms with van der Waals surface area (Å²) in [6.45, 7) is 0. The Kier molecular flexibility index (Phi) is 4.14. The van der Waals surface area contributed by atoms with E-state index in [2.05, 4.69) is 32.6 Å². The van der Waals surface area contributed by atoms with Crippen molar-refractivity contribution in [3.05, 3.63) is 48.8 Å². The third kappa shape index (κ3) is 2.98. The average Bonchev–Trinajstić information content (AvgIpc) is 3.15. The van der Waals surface area contributed by atoms with E-state index in [1.807, 2.05) is 22.6 Å². The fourth-order valence-electron chi connectivity index (χ4n) is 2.34. The van der Waals surface area contributed by atoms with Crippen molar-refractivity contribution in [3.8, 4) is 0 Å². The number of carbonyl (C=O) groups is 1. The Labute approximate surface area is 145 Å². The fourth-order valence-corrected chi connectivity index (χ4v) is 4.25. The van der Waals surface area contributed by atoms with E-state index < -0.39 is 0 Å². The largest absolute Gasteiger partial charge is 0.325 e. The van der Waals surface area contributed by atoms with E-state index in [1.54, 1.807) is 29.8 Å². The zero-order valence-corrected chi connectivity index (χ0v) is 14.2. The van der Waals surface area contributed by atoms with E-state index in [1.165, 1.54) is 16.5 Å². The molecule has 4 aromatic rings. The molecular formula is C16H13N5OS2. The van der Waals surface area contributed by atoms with Crippen LogP contribution in [-0.2, 0) is 4.79 Å². The van der Waals surface area contributed by atoms with Crippen molar-refractivity contribution in [3.63, 3.8) is 0 Å². The molecule has 120 valence electrons. The SMILES string of the molecule is O=C(CCSc1nnc2sc3ccccc3n12)Nc1cccnc1. The number of carbonyl (C=O) groups excluding carboxylic acids is 1. The second-order valence-electron chi connectivity index (χ2n) is 5.06. The lowest BCUT2D eigenvalue weighted by Gasteiger charge is -2.03. The van der Waals surface area contributed by atoms with E-state index >= 15 is 0 Å². The number of para-hydroxylation sites is 1. The topological polar surface area (TPSA) is 72.2 Å². The van der Waals surface area contributed by atoms with Gasteiger partial charge in [-0.1, -0.05) is 35.2 Å². The Morgan fingerprint density at radius 3 is 3.00 bits per heavy atom. The summed E-state index contributed by atoms with van der Waals surface area (Å²) in [7, 11) is 0. The Hall–Kier alpha value is -2.45. The fraction of sp³-hybridized carbons (Fsp3) is 0.125. The number of anilines is 1. The highest BCUT2D eigenvalue weighted by Crippen LogP contribution is 2.29. The Morgan fingerprint density at radius 2 is 2.12 bits per heavy atom. The summed E-state index contributed by atoms with van der Waals surface area (Å²) < 4.78 is 3.22. The summed E-state index contributed by atoms with van der Waals surface area (Å²) in [6.07, 6.45) is 3.70. The smallest absolute Gasteiger partial charge is 0.225 e. The van der Waals surface area contributed by atoms with Crippen molar-refractivity contribution in [2.75, 3.05) is 11.1 Å². The summed E-state index contributed by atoms with van der Waals surface area (Å²) >= 11 is 3.15. The third-order valence-corrected chi connectivity index (χ3v) is 5.36. The molecule has 0 fully saturated rings. The number of benzene rings is 1. The monoisotopic (exact) mass is 355 g/mol. The highest BCUT2D eigenvalue weighted by Gasteiger charge is 2.13. The highest BCUT2D eigenvalue weighted by atomic mass is 32.2. The van der Waals surface area contributed by atoms with Gasteiger partial charge in [0, 0.05) is 18.4 Å². The van der Waals surface area contributed by atoms with Crippen LogP contribution in [0.15, 0.2) is 53.9 Å². The predicted octanol–water partition coefficient (Wildman–Crippen LogP) is 3.46. The van der Waals surface area contributed by atoms with Gasteiger partial charge >= 0.3 is 0 Å². The van der Waals surface area contributed by atoms with E-state index in [0.717, 1.165) is 15.6 Å². The number of fused-ring (bicyclic) bond motifs is 3. The van der Waals surface area contributed by atoms with Gasteiger partial charge in [-0.05, 0) is 24.3 Å². The normalized spacial score (nSPS) is 11.2. The summed E-state index contributed by atoms with van der Waals surface area (Å²) in [5, 5.41) is 12.1. The Morgan fingerprint density at radius 1 is 1.21 bits per heavy atom. The van der Waals surface area contributed by atoms with Crippen molar-refractivity contribution in [1.82, 2.24) is 19.6 Å². The van der Waals surface area contributed by atoms with Gasteiger partial charge in [0.2, 0.25) is 10.9 Å². The first kappa shape index (κ1) is 15.1. The van der Waals surface area contributed by atoms with Gasteiger partial charge in [0.15, 0.2) is 5.16 Å².